The Morgan fingerprint density at radius 3 is 2.65 bits per heavy atom. The molecule has 1 aromatic rings. The Labute approximate surface area is 102 Å². The van der Waals surface area contributed by atoms with Crippen molar-refractivity contribution in [2.75, 3.05) is 20.8 Å². The van der Waals surface area contributed by atoms with Crippen molar-refractivity contribution in [3.63, 3.8) is 0 Å². The van der Waals surface area contributed by atoms with E-state index >= 15 is 0 Å². The second-order valence-corrected chi connectivity index (χ2v) is 4.29. The predicted molar refractivity (Wildman–Crippen MR) is 65.5 cm³/mol. The van der Waals surface area contributed by atoms with Gasteiger partial charge in [-0.1, -0.05) is 6.92 Å². The minimum atomic E-state index is -0.296. The van der Waals surface area contributed by atoms with Crippen molar-refractivity contribution in [1.29, 1.82) is 0 Å². The van der Waals surface area contributed by atoms with Gasteiger partial charge in [0.2, 0.25) is 0 Å². The van der Waals surface area contributed by atoms with Crippen LogP contribution in [0, 0.1) is 11.7 Å². The summed E-state index contributed by atoms with van der Waals surface area (Å²) in [5.41, 5.74) is 6.77. The second-order valence-electron chi connectivity index (χ2n) is 4.29. The fourth-order valence-electron chi connectivity index (χ4n) is 1.91. The van der Waals surface area contributed by atoms with Gasteiger partial charge in [0, 0.05) is 25.3 Å². The van der Waals surface area contributed by atoms with Gasteiger partial charge in [0.15, 0.2) is 0 Å². The molecule has 1 rings (SSSR count). The Bertz CT molecular complexity index is 357. The number of methoxy groups -OCH3 is 2. The fraction of sp³-hybridized carbons (Fsp3) is 0.538. The van der Waals surface area contributed by atoms with Crippen LogP contribution in [-0.4, -0.2) is 20.8 Å². The van der Waals surface area contributed by atoms with Gasteiger partial charge in [-0.25, -0.2) is 4.39 Å². The van der Waals surface area contributed by atoms with Crippen LogP contribution in [0.5, 0.6) is 5.75 Å². The SMILES string of the molecule is COCC(C)CC(N)c1cc(F)ccc1OC. The van der Waals surface area contributed by atoms with E-state index < -0.39 is 0 Å². The van der Waals surface area contributed by atoms with E-state index in [1.807, 2.05) is 0 Å². The van der Waals surface area contributed by atoms with Gasteiger partial charge in [-0.15, -0.1) is 0 Å². The van der Waals surface area contributed by atoms with Crippen LogP contribution in [0.15, 0.2) is 18.2 Å². The highest BCUT2D eigenvalue weighted by atomic mass is 19.1. The van der Waals surface area contributed by atoms with Crippen molar-refractivity contribution in [3.8, 4) is 5.75 Å². The van der Waals surface area contributed by atoms with E-state index in [4.69, 9.17) is 15.2 Å². The van der Waals surface area contributed by atoms with Crippen LogP contribution in [0.4, 0.5) is 4.39 Å². The van der Waals surface area contributed by atoms with Gasteiger partial charge in [-0.3, -0.25) is 0 Å². The van der Waals surface area contributed by atoms with Gasteiger partial charge in [-0.2, -0.15) is 0 Å². The van der Waals surface area contributed by atoms with Crippen molar-refractivity contribution in [3.05, 3.63) is 29.6 Å². The van der Waals surface area contributed by atoms with Gasteiger partial charge in [0.1, 0.15) is 11.6 Å². The Hall–Kier alpha value is -1.13. The zero-order chi connectivity index (χ0) is 12.8. The summed E-state index contributed by atoms with van der Waals surface area (Å²) in [6, 6.07) is 4.16. The normalized spacial score (nSPS) is 14.4. The molecule has 0 aliphatic heterocycles. The molecular weight excluding hydrogens is 221 g/mol. The molecule has 3 nitrogen and oxygen atoms in total. The molecule has 2 atom stereocenters. The molecular formula is C13H20FNO2. The fourth-order valence-corrected chi connectivity index (χ4v) is 1.91. The van der Waals surface area contributed by atoms with E-state index in [0.717, 1.165) is 6.42 Å². The predicted octanol–water partition coefficient (Wildman–Crippen LogP) is 2.51. The van der Waals surface area contributed by atoms with Gasteiger partial charge >= 0.3 is 0 Å². The third kappa shape index (κ3) is 3.98. The number of hydrogen-bond acceptors (Lipinski definition) is 3. The van der Waals surface area contributed by atoms with Crippen molar-refractivity contribution < 1.29 is 13.9 Å². The van der Waals surface area contributed by atoms with Gasteiger partial charge < -0.3 is 15.2 Å². The van der Waals surface area contributed by atoms with Crippen LogP contribution in [0.1, 0.15) is 24.9 Å². The smallest absolute Gasteiger partial charge is 0.123 e. The number of nitrogens with two attached hydrogens (primary N) is 1. The molecule has 0 saturated heterocycles. The first-order valence-electron chi connectivity index (χ1n) is 5.66. The number of benzene rings is 1. The first-order valence-corrected chi connectivity index (χ1v) is 5.66. The van der Waals surface area contributed by atoms with Gasteiger partial charge in [0.05, 0.1) is 7.11 Å². The lowest BCUT2D eigenvalue weighted by atomic mass is 9.96. The highest BCUT2D eigenvalue weighted by molar-refractivity contribution is 5.36. The Morgan fingerprint density at radius 1 is 1.35 bits per heavy atom. The lowest BCUT2D eigenvalue weighted by Gasteiger charge is -2.19. The van der Waals surface area contributed by atoms with Gasteiger partial charge in [-0.05, 0) is 30.5 Å². The first kappa shape index (κ1) is 13.9. The molecule has 0 aliphatic carbocycles. The summed E-state index contributed by atoms with van der Waals surface area (Å²) in [6.07, 6.45) is 0.730. The van der Waals surface area contributed by atoms with Crippen LogP contribution in [0.25, 0.3) is 0 Å². The van der Waals surface area contributed by atoms with Gasteiger partial charge in [0.25, 0.3) is 0 Å². The van der Waals surface area contributed by atoms with Crippen LogP contribution in [0.2, 0.25) is 0 Å². The largest absolute Gasteiger partial charge is 0.496 e. The second kappa shape index (κ2) is 6.57. The molecule has 2 unspecified atom stereocenters. The van der Waals surface area contributed by atoms with E-state index in [1.54, 1.807) is 20.3 Å². The maximum atomic E-state index is 13.2. The average Bonchev–Trinajstić information content (AvgIpc) is 2.29. The molecule has 17 heavy (non-hydrogen) atoms. The van der Waals surface area contributed by atoms with Crippen LogP contribution in [0.3, 0.4) is 0 Å². The molecule has 0 aromatic heterocycles. The topological polar surface area (TPSA) is 44.5 Å². The van der Waals surface area contributed by atoms with E-state index in [9.17, 15) is 4.39 Å². The molecule has 0 spiro atoms. The van der Waals surface area contributed by atoms with E-state index in [-0.39, 0.29) is 11.9 Å². The molecule has 0 bridgehead atoms. The Kier molecular flexibility index (Phi) is 5.38. The molecule has 0 saturated carbocycles. The Balaban J connectivity index is 2.79. The highest BCUT2D eigenvalue weighted by Crippen LogP contribution is 2.28. The zero-order valence-corrected chi connectivity index (χ0v) is 10.6. The third-order valence-electron chi connectivity index (χ3n) is 2.70. The summed E-state index contributed by atoms with van der Waals surface area (Å²) in [7, 11) is 3.22. The number of rotatable bonds is 6. The number of hydrogen-bond donors (Lipinski definition) is 1. The van der Waals surface area contributed by atoms with Crippen molar-refractivity contribution in [2.45, 2.75) is 19.4 Å². The summed E-state index contributed by atoms with van der Waals surface area (Å²) in [5, 5.41) is 0. The van der Waals surface area contributed by atoms with Crippen LogP contribution >= 0.6 is 0 Å². The maximum absolute atomic E-state index is 13.2. The average molecular weight is 241 g/mol. The summed E-state index contributed by atoms with van der Waals surface area (Å²) in [5.74, 6) is 0.655. The van der Waals surface area contributed by atoms with E-state index in [0.29, 0.717) is 23.8 Å². The molecule has 0 heterocycles. The molecule has 4 heteroatoms. The monoisotopic (exact) mass is 241 g/mol. The van der Waals surface area contributed by atoms with Crippen molar-refractivity contribution in [1.82, 2.24) is 0 Å². The zero-order valence-electron chi connectivity index (χ0n) is 10.6. The van der Waals surface area contributed by atoms with Crippen LogP contribution < -0.4 is 10.5 Å². The van der Waals surface area contributed by atoms with E-state index in [2.05, 4.69) is 6.92 Å². The maximum Gasteiger partial charge on any atom is 0.123 e. The number of halogens is 1. The lowest BCUT2D eigenvalue weighted by molar-refractivity contribution is 0.152. The molecule has 96 valence electrons. The minimum Gasteiger partial charge on any atom is -0.496 e. The lowest BCUT2D eigenvalue weighted by Crippen LogP contribution is -2.17. The summed E-state index contributed by atoms with van der Waals surface area (Å²) in [4.78, 5) is 0. The third-order valence-corrected chi connectivity index (χ3v) is 2.70. The van der Waals surface area contributed by atoms with Crippen LogP contribution in [-0.2, 0) is 4.74 Å². The quantitative estimate of drug-likeness (QED) is 0.832. The minimum absolute atomic E-state index is 0.245. The molecule has 2 N–H and O–H groups in total. The standard InChI is InChI=1S/C13H20FNO2/c1-9(8-16-2)6-12(15)11-7-10(14)4-5-13(11)17-3/h4-5,7,9,12H,6,8,15H2,1-3H3. The van der Waals surface area contributed by atoms with Crippen molar-refractivity contribution >= 4 is 0 Å². The van der Waals surface area contributed by atoms with Crippen molar-refractivity contribution in [2.24, 2.45) is 11.7 Å². The summed E-state index contributed by atoms with van der Waals surface area (Å²) in [6.45, 7) is 2.69. The van der Waals surface area contributed by atoms with E-state index in [1.165, 1.54) is 12.1 Å². The first-order chi connectivity index (χ1) is 8.08. The molecule has 0 fully saturated rings. The molecule has 1 aromatic carbocycles. The Morgan fingerprint density at radius 2 is 2.06 bits per heavy atom. The molecule has 0 radical (unpaired) electrons. The molecule has 0 amide bonds. The highest BCUT2D eigenvalue weighted by Gasteiger charge is 2.16. The summed E-state index contributed by atoms with van der Waals surface area (Å²) < 4.78 is 23.4. The number of ether oxygens (including phenoxy) is 2. The molecule has 0 aliphatic rings. The summed E-state index contributed by atoms with van der Waals surface area (Å²) >= 11 is 0.